The molecule has 0 radical (unpaired) electrons. The van der Waals surface area contributed by atoms with E-state index in [0.29, 0.717) is 6.04 Å². The molecular weight excluding hydrogens is 236 g/mol. The van der Waals surface area contributed by atoms with Crippen LogP contribution in [-0.2, 0) is 6.42 Å². The van der Waals surface area contributed by atoms with Crippen LogP contribution < -0.4 is 10.6 Å². The number of hydrogen-bond donors (Lipinski definition) is 3. The number of nitrogens with zero attached hydrogens (tertiary/aromatic N) is 1. The van der Waals surface area contributed by atoms with Crippen molar-refractivity contribution < 1.29 is 0 Å². The second-order valence-electron chi connectivity index (χ2n) is 5.22. The van der Waals surface area contributed by atoms with E-state index in [0.717, 1.165) is 25.5 Å². The summed E-state index contributed by atoms with van der Waals surface area (Å²) in [5.74, 6) is 0.934. The summed E-state index contributed by atoms with van der Waals surface area (Å²) in [6.07, 6.45) is 3.12. The minimum absolute atomic E-state index is 0.456. The number of nitrogens with one attached hydrogen (secondary N) is 3. The summed E-state index contributed by atoms with van der Waals surface area (Å²) < 4.78 is 0. The van der Waals surface area contributed by atoms with E-state index in [9.17, 15) is 0 Å². The van der Waals surface area contributed by atoms with Gasteiger partial charge in [-0.1, -0.05) is 12.1 Å². The van der Waals surface area contributed by atoms with Crippen LogP contribution in [-0.4, -0.2) is 30.1 Å². The largest absolute Gasteiger partial charge is 0.361 e. The summed E-state index contributed by atoms with van der Waals surface area (Å²) in [5.41, 5.74) is 3.92. The summed E-state index contributed by atoms with van der Waals surface area (Å²) in [6.45, 7) is 6.08. The highest BCUT2D eigenvalue weighted by Crippen LogP contribution is 2.22. The van der Waals surface area contributed by atoms with Crippen molar-refractivity contribution in [3.63, 3.8) is 0 Å². The van der Waals surface area contributed by atoms with Crippen molar-refractivity contribution >= 4 is 16.9 Å². The summed E-state index contributed by atoms with van der Waals surface area (Å²) >= 11 is 0. The van der Waals surface area contributed by atoms with Gasteiger partial charge >= 0.3 is 0 Å². The first-order valence-electron chi connectivity index (χ1n) is 6.84. The lowest BCUT2D eigenvalue weighted by atomic mass is 10.1. The Morgan fingerprint density at radius 2 is 2.32 bits per heavy atom. The average molecular weight is 256 g/mol. The van der Waals surface area contributed by atoms with Crippen molar-refractivity contribution in [2.45, 2.75) is 26.3 Å². The lowest BCUT2D eigenvalue weighted by molar-refractivity contribution is 0.712. The Bertz CT molecular complexity index is 612. The van der Waals surface area contributed by atoms with Crippen LogP contribution in [0.5, 0.6) is 0 Å². The molecule has 0 saturated carbocycles. The number of fused-ring (bicyclic) bond motifs is 1. The number of aryl methyl sites for hydroxylation is 1. The first-order valence-corrected chi connectivity index (χ1v) is 6.84. The highest BCUT2D eigenvalue weighted by molar-refractivity contribution is 5.86. The van der Waals surface area contributed by atoms with E-state index in [1.54, 1.807) is 0 Å². The molecule has 19 heavy (non-hydrogen) atoms. The maximum absolute atomic E-state index is 4.40. The van der Waals surface area contributed by atoms with Crippen molar-refractivity contribution in [2.24, 2.45) is 4.99 Å². The van der Waals surface area contributed by atoms with Crippen LogP contribution in [0, 0.1) is 6.92 Å². The third-order valence-electron chi connectivity index (χ3n) is 3.59. The molecule has 0 fully saturated rings. The fraction of sp³-hybridized carbons (Fsp3) is 0.400. The first kappa shape index (κ1) is 12.1. The highest BCUT2D eigenvalue weighted by Gasteiger charge is 2.12. The SMILES string of the molecule is Cc1cccc2[nH]cc(CCNC3=NCC(C)N3)c12. The topological polar surface area (TPSA) is 52.2 Å². The number of aliphatic imine (C=N–C) groups is 1. The fourth-order valence-corrected chi connectivity index (χ4v) is 2.62. The second kappa shape index (κ2) is 4.96. The molecule has 2 aromatic rings. The fourth-order valence-electron chi connectivity index (χ4n) is 2.62. The molecule has 2 heterocycles. The van der Waals surface area contributed by atoms with Gasteiger partial charge in [-0.25, -0.2) is 0 Å². The van der Waals surface area contributed by atoms with Gasteiger partial charge in [-0.05, 0) is 37.5 Å². The Hall–Kier alpha value is -1.97. The third kappa shape index (κ3) is 2.43. The molecule has 1 atom stereocenters. The Morgan fingerprint density at radius 1 is 1.42 bits per heavy atom. The van der Waals surface area contributed by atoms with Crippen LogP contribution in [0.3, 0.4) is 0 Å². The van der Waals surface area contributed by atoms with E-state index in [1.165, 1.54) is 22.0 Å². The zero-order chi connectivity index (χ0) is 13.2. The highest BCUT2D eigenvalue weighted by atomic mass is 15.2. The van der Waals surface area contributed by atoms with Gasteiger partial charge in [-0.2, -0.15) is 0 Å². The number of aromatic amines is 1. The van der Waals surface area contributed by atoms with Crippen LogP contribution in [0.2, 0.25) is 0 Å². The molecule has 1 aromatic heterocycles. The Kier molecular flexibility index (Phi) is 3.15. The lowest BCUT2D eigenvalue weighted by Gasteiger charge is -2.08. The maximum Gasteiger partial charge on any atom is 0.191 e. The standard InChI is InChI=1S/C15H20N4/c1-10-4-3-5-13-14(10)12(9-17-13)6-7-16-15-18-8-11(2)19-15/h3-5,9,11,17H,6-8H2,1-2H3,(H2,16,18,19). The van der Waals surface area contributed by atoms with Crippen LogP contribution in [0.1, 0.15) is 18.1 Å². The van der Waals surface area contributed by atoms with Crippen molar-refractivity contribution in [1.82, 2.24) is 15.6 Å². The summed E-state index contributed by atoms with van der Waals surface area (Å²) in [4.78, 5) is 7.74. The number of hydrogen-bond acceptors (Lipinski definition) is 3. The molecule has 4 nitrogen and oxygen atoms in total. The molecule has 3 N–H and O–H groups in total. The third-order valence-corrected chi connectivity index (χ3v) is 3.59. The van der Waals surface area contributed by atoms with Gasteiger partial charge in [0.2, 0.25) is 0 Å². The van der Waals surface area contributed by atoms with Gasteiger partial charge in [-0.15, -0.1) is 0 Å². The van der Waals surface area contributed by atoms with E-state index in [1.807, 2.05) is 0 Å². The zero-order valence-corrected chi connectivity index (χ0v) is 11.5. The molecule has 1 aromatic carbocycles. The number of H-pyrrole nitrogens is 1. The summed E-state index contributed by atoms with van der Waals surface area (Å²) in [7, 11) is 0. The van der Waals surface area contributed by atoms with Crippen molar-refractivity contribution in [1.29, 1.82) is 0 Å². The van der Waals surface area contributed by atoms with Crippen LogP contribution in [0.15, 0.2) is 29.4 Å². The van der Waals surface area contributed by atoms with Gasteiger partial charge < -0.3 is 15.6 Å². The van der Waals surface area contributed by atoms with Gasteiger partial charge in [0.25, 0.3) is 0 Å². The van der Waals surface area contributed by atoms with E-state index >= 15 is 0 Å². The van der Waals surface area contributed by atoms with Crippen molar-refractivity contribution in [2.75, 3.05) is 13.1 Å². The monoisotopic (exact) mass is 256 g/mol. The van der Waals surface area contributed by atoms with Gasteiger partial charge in [0.05, 0.1) is 6.54 Å². The van der Waals surface area contributed by atoms with Gasteiger partial charge in [0.1, 0.15) is 0 Å². The molecule has 0 bridgehead atoms. The van der Waals surface area contributed by atoms with Gasteiger partial charge in [0, 0.05) is 29.7 Å². The minimum atomic E-state index is 0.456. The molecular formula is C15H20N4. The van der Waals surface area contributed by atoms with E-state index in [4.69, 9.17) is 0 Å². The minimum Gasteiger partial charge on any atom is -0.361 e. The smallest absolute Gasteiger partial charge is 0.191 e. The average Bonchev–Trinajstić information content (AvgIpc) is 2.98. The van der Waals surface area contributed by atoms with Crippen LogP contribution >= 0.6 is 0 Å². The van der Waals surface area contributed by atoms with Gasteiger partial charge in [0.15, 0.2) is 5.96 Å². The number of rotatable bonds is 3. The molecule has 0 spiro atoms. The summed E-state index contributed by atoms with van der Waals surface area (Å²) in [6, 6.07) is 6.84. The first-order chi connectivity index (χ1) is 9.24. The van der Waals surface area contributed by atoms with E-state index < -0.39 is 0 Å². The molecule has 1 unspecified atom stereocenters. The number of aromatic nitrogens is 1. The molecule has 1 aliphatic heterocycles. The maximum atomic E-state index is 4.40. The van der Waals surface area contributed by atoms with E-state index in [2.05, 4.69) is 58.9 Å². The normalized spacial score (nSPS) is 18.4. The van der Waals surface area contributed by atoms with Crippen LogP contribution in [0.4, 0.5) is 0 Å². The second-order valence-corrected chi connectivity index (χ2v) is 5.22. The molecule has 4 heteroatoms. The summed E-state index contributed by atoms with van der Waals surface area (Å²) in [5, 5.41) is 8.03. The Morgan fingerprint density at radius 3 is 3.11 bits per heavy atom. The molecule has 0 saturated heterocycles. The Balaban J connectivity index is 1.66. The quantitative estimate of drug-likeness (QED) is 0.786. The predicted octanol–water partition coefficient (Wildman–Crippen LogP) is 1.96. The molecule has 1 aliphatic rings. The van der Waals surface area contributed by atoms with Crippen LogP contribution in [0.25, 0.3) is 10.9 Å². The Labute approximate surface area is 113 Å². The molecule has 100 valence electrons. The number of benzene rings is 1. The molecule has 0 amide bonds. The molecule has 0 aliphatic carbocycles. The predicted molar refractivity (Wildman–Crippen MR) is 79.6 cm³/mol. The van der Waals surface area contributed by atoms with Gasteiger partial charge in [-0.3, -0.25) is 4.99 Å². The van der Waals surface area contributed by atoms with Crippen molar-refractivity contribution in [3.05, 3.63) is 35.5 Å². The number of guanidine groups is 1. The van der Waals surface area contributed by atoms with E-state index in [-0.39, 0.29) is 0 Å². The molecule has 3 rings (SSSR count). The lowest BCUT2D eigenvalue weighted by Crippen LogP contribution is -2.38. The van der Waals surface area contributed by atoms with Crippen molar-refractivity contribution in [3.8, 4) is 0 Å². The zero-order valence-electron chi connectivity index (χ0n) is 11.5.